The van der Waals surface area contributed by atoms with Gasteiger partial charge in [-0.2, -0.15) is 0 Å². The van der Waals surface area contributed by atoms with Crippen molar-refractivity contribution in [1.29, 1.82) is 0 Å². The van der Waals surface area contributed by atoms with Crippen molar-refractivity contribution in [2.45, 2.75) is 50.8 Å². The standard InChI is InChI=1S/C26H32ClFN2O3/c1-32-25-10-6-14-30-23(25)8-4-5-13-29(18-19-11-12-20(27)17-22(19)28)15-16-33-24-9-3-2-7-21(24)26(30)31/h2-3,7,9,11-12,17,23,25H,4-6,8,10,13-16,18H2,1H3/t23-,25-/m1/s1. The average Bonchev–Trinajstić information content (AvgIpc) is 2.83. The van der Waals surface area contributed by atoms with E-state index in [1.807, 2.05) is 29.2 Å². The Hall–Kier alpha value is -2.15. The maximum absolute atomic E-state index is 14.4. The fourth-order valence-electron chi connectivity index (χ4n) is 4.95. The van der Waals surface area contributed by atoms with Gasteiger partial charge in [-0.1, -0.05) is 36.2 Å². The van der Waals surface area contributed by atoms with Gasteiger partial charge in [0.25, 0.3) is 5.91 Å². The molecule has 0 radical (unpaired) electrons. The Bertz CT molecular complexity index is 957. The average molecular weight is 475 g/mol. The van der Waals surface area contributed by atoms with Gasteiger partial charge in [-0.05, 0) is 56.5 Å². The summed E-state index contributed by atoms with van der Waals surface area (Å²) in [7, 11) is 1.74. The topological polar surface area (TPSA) is 42.0 Å². The van der Waals surface area contributed by atoms with Crippen LogP contribution < -0.4 is 4.74 Å². The normalized spacial score (nSPS) is 22.9. The molecule has 2 aliphatic heterocycles. The first-order valence-electron chi connectivity index (χ1n) is 11.8. The van der Waals surface area contributed by atoms with E-state index >= 15 is 0 Å². The molecule has 0 unspecified atom stereocenters. The van der Waals surface area contributed by atoms with E-state index in [4.69, 9.17) is 21.1 Å². The van der Waals surface area contributed by atoms with E-state index in [0.29, 0.717) is 41.6 Å². The molecule has 0 spiro atoms. The highest BCUT2D eigenvalue weighted by atomic mass is 35.5. The van der Waals surface area contributed by atoms with Gasteiger partial charge in [0.2, 0.25) is 0 Å². The van der Waals surface area contributed by atoms with Crippen LogP contribution in [0.25, 0.3) is 0 Å². The molecule has 33 heavy (non-hydrogen) atoms. The molecular formula is C26H32ClFN2O3. The van der Waals surface area contributed by atoms with Gasteiger partial charge in [0, 0.05) is 37.3 Å². The number of hydrogen-bond acceptors (Lipinski definition) is 4. The molecule has 7 heteroatoms. The molecule has 2 aliphatic rings. The molecule has 178 valence electrons. The summed E-state index contributed by atoms with van der Waals surface area (Å²) < 4.78 is 26.3. The minimum atomic E-state index is -0.289. The second kappa shape index (κ2) is 11.3. The molecule has 1 amide bonds. The fourth-order valence-corrected chi connectivity index (χ4v) is 5.11. The monoisotopic (exact) mass is 474 g/mol. The second-order valence-electron chi connectivity index (χ2n) is 8.83. The minimum Gasteiger partial charge on any atom is -0.491 e. The number of hydrogen-bond donors (Lipinski definition) is 0. The van der Waals surface area contributed by atoms with E-state index in [1.54, 1.807) is 19.2 Å². The number of halogens is 2. The second-order valence-corrected chi connectivity index (χ2v) is 9.27. The van der Waals surface area contributed by atoms with Crippen molar-refractivity contribution < 1.29 is 18.7 Å². The molecule has 5 nitrogen and oxygen atoms in total. The number of ether oxygens (including phenoxy) is 2. The largest absolute Gasteiger partial charge is 0.491 e. The minimum absolute atomic E-state index is 0.0108. The number of rotatable bonds is 3. The third-order valence-electron chi connectivity index (χ3n) is 6.70. The Balaban J connectivity index is 1.56. The van der Waals surface area contributed by atoms with E-state index in [9.17, 15) is 9.18 Å². The molecule has 2 aromatic rings. The van der Waals surface area contributed by atoms with Crippen LogP contribution in [0.2, 0.25) is 5.02 Å². The van der Waals surface area contributed by atoms with Gasteiger partial charge in [-0.15, -0.1) is 0 Å². The zero-order valence-corrected chi connectivity index (χ0v) is 19.9. The van der Waals surface area contributed by atoms with Crippen LogP contribution in [0.5, 0.6) is 5.75 Å². The van der Waals surface area contributed by atoms with Crippen molar-refractivity contribution in [3.05, 3.63) is 64.4 Å². The van der Waals surface area contributed by atoms with Crippen LogP contribution >= 0.6 is 11.6 Å². The molecule has 0 saturated carbocycles. The van der Waals surface area contributed by atoms with Crippen LogP contribution in [-0.4, -0.2) is 61.2 Å². The van der Waals surface area contributed by atoms with Crippen LogP contribution in [0, 0.1) is 5.82 Å². The lowest BCUT2D eigenvalue weighted by Crippen LogP contribution is -2.51. The van der Waals surface area contributed by atoms with Gasteiger partial charge in [-0.3, -0.25) is 9.69 Å². The summed E-state index contributed by atoms with van der Waals surface area (Å²) in [6.45, 7) is 3.11. The summed E-state index contributed by atoms with van der Waals surface area (Å²) in [5.74, 6) is 0.317. The van der Waals surface area contributed by atoms with Gasteiger partial charge in [0.05, 0.1) is 17.7 Å². The first-order valence-corrected chi connectivity index (χ1v) is 12.2. The smallest absolute Gasteiger partial charge is 0.257 e. The molecule has 4 rings (SSSR count). The van der Waals surface area contributed by atoms with E-state index < -0.39 is 0 Å². The van der Waals surface area contributed by atoms with Crippen LogP contribution in [0.3, 0.4) is 0 Å². The lowest BCUT2D eigenvalue weighted by molar-refractivity contribution is -0.0155. The molecular weight excluding hydrogens is 443 g/mol. The number of carbonyl (C=O) groups excluding carboxylic acids is 1. The Morgan fingerprint density at radius 1 is 1.09 bits per heavy atom. The molecule has 1 saturated heterocycles. The van der Waals surface area contributed by atoms with Crippen molar-refractivity contribution in [3.63, 3.8) is 0 Å². The van der Waals surface area contributed by atoms with Crippen LogP contribution in [-0.2, 0) is 11.3 Å². The van der Waals surface area contributed by atoms with Crippen molar-refractivity contribution in [2.24, 2.45) is 0 Å². The van der Waals surface area contributed by atoms with Gasteiger partial charge in [0.15, 0.2) is 0 Å². The number of benzene rings is 2. The first-order chi connectivity index (χ1) is 16.1. The quantitative estimate of drug-likeness (QED) is 0.616. The third kappa shape index (κ3) is 5.86. The molecule has 0 bridgehead atoms. The maximum Gasteiger partial charge on any atom is 0.257 e. The lowest BCUT2D eigenvalue weighted by Gasteiger charge is -2.41. The summed E-state index contributed by atoms with van der Waals surface area (Å²) in [6, 6.07) is 12.3. The number of nitrogens with zero attached hydrogens (tertiary/aromatic N) is 2. The summed E-state index contributed by atoms with van der Waals surface area (Å²) in [6.07, 6.45) is 4.75. The van der Waals surface area contributed by atoms with Crippen molar-refractivity contribution in [3.8, 4) is 5.75 Å². The molecule has 2 heterocycles. The van der Waals surface area contributed by atoms with Gasteiger partial charge in [-0.25, -0.2) is 4.39 Å². The van der Waals surface area contributed by atoms with E-state index in [0.717, 1.165) is 45.2 Å². The fraction of sp³-hybridized carbons (Fsp3) is 0.500. The number of amides is 1. The molecule has 0 aromatic heterocycles. The van der Waals surface area contributed by atoms with Crippen LogP contribution in [0.1, 0.15) is 48.0 Å². The Labute approximate surface area is 200 Å². The number of fused-ring (bicyclic) bond motifs is 2. The van der Waals surface area contributed by atoms with Crippen LogP contribution in [0.15, 0.2) is 42.5 Å². The third-order valence-corrected chi connectivity index (χ3v) is 6.93. The highest BCUT2D eigenvalue weighted by Crippen LogP contribution is 2.29. The van der Waals surface area contributed by atoms with Gasteiger partial charge < -0.3 is 14.4 Å². The Morgan fingerprint density at radius 3 is 2.76 bits per heavy atom. The predicted molar refractivity (Wildman–Crippen MR) is 127 cm³/mol. The highest BCUT2D eigenvalue weighted by Gasteiger charge is 2.35. The molecule has 2 atom stereocenters. The van der Waals surface area contributed by atoms with Gasteiger partial charge in [0.1, 0.15) is 18.2 Å². The predicted octanol–water partition coefficient (Wildman–Crippen LogP) is 5.16. The lowest BCUT2D eigenvalue weighted by atomic mass is 9.93. The number of carbonyl (C=O) groups is 1. The summed E-state index contributed by atoms with van der Waals surface area (Å²) in [5.41, 5.74) is 1.21. The Kier molecular flexibility index (Phi) is 8.23. The molecule has 0 N–H and O–H groups in total. The van der Waals surface area contributed by atoms with E-state index in [2.05, 4.69) is 4.90 Å². The molecule has 0 aliphatic carbocycles. The molecule has 1 fully saturated rings. The highest BCUT2D eigenvalue weighted by molar-refractivity contribution is 6.30. The van der Waals surface area contributed by atoms with E-state index in [-0.39, 0.29) is 23.9 Å². The Morgan fingerprint density at radius 2 is 1.94 bits per heavy atom. The first kappa shape index (κ1) is 24.0. The number of para-hydroxylation sites is 1. The zero-order chi connectivity index (χ0) is 23.2. The SMILES string of the molecule is CO[C@@H]1CCCN2C(=O)c3ccccc3OCCN(Cc3ccc(Cl)cc3F)CCCC[C@H]12. The van der Waals surface area contributed by atoms with E-state index in [1.165, 1.54) is 6.07 Å². The van der Waals surface area contributed by atoms with Crippen LogP contribution in [0.4, 0.5) is 4.39 Å². The number of piperidine rings is 1. The zero-order valence-electron chi connectivity index (χ0n) is 19.1. The van der Waals surface area contributed by atoms with Crippen molar-refractivity contribution >= 4 is 17.5 Å². The maximum atomic E-state index is 14.4. The summed E-state index contributed by atoms with van der Waals surface area (Å²) in [5, 5.41) is 0.399. The summed E-state index contributed by atoms with van der Waals surface area (Å²) in [4.78, 5) is 17.7. The number of methoxy groups -OCH3 is 1. The van der Waals surface area contributed by atoms with Crippen molar-refractivity contribution in [1.82, 2.24) is 9.80 Å². The van der Waals surface area contributed by atoms with Gasteiger partial charge >= 0.3 is 0 Å². The molecule has 2 aromatic carbocycles. The summed E-state index contributed by atoms with van der Waals surface area (Å²) >= 11 is 5.92. The van der Waals surface area contributed by atoms with Crippen molar-refractivity contribution in [2.75, 3.05) is 33.4 Å².